The van der Waals surface area contributed by atoms with Gasteiger partial charge in [0.25, 0.3) is 0 Å². The van der Waals surface area contributed by atoms with Crippen molar-refractivity contribution < 1.29 is 9.47 Å². The molecule has 0 aliphatic carbocycles. The van der Waals surface area contributed by atoms with Crippen molar-refractivity contribution in [2.75, 3.05) is 51.4 Å². The maximum atomic E-state index is 12.2. The van der Waals surface area contributed by atoms with E-state index in [9.17, 15) is 4.79 Å². The van der Waals surface area contributed by atoms with E-state index in [1.165, 1.54) is 5.69 Å². The highest BCUT2D eigenvalue weighted by atomic mass is 16.5. The minimum absolute atomic E-state index is 0.0188. The van der Waals surface area contributed by atoms with Crippen molar-refractivity contribution in [2.24, 2.45) is 0 Å². The Kier molecular flexibility index (Phi) is 4.73. The van der Waals surface area contributed by atoms with E-state index in [0.29, 0.717) is 11.4 Å². The highest BCUT2D eigenvalue weighted by Gasteiger charge is 2.32. The first-order chi connectivity index (χ1) is 14.2. The van der Waals surface area contributed by atoms with Crippen molar-refractivity contribution in [3.63, 3.8) is 0 Å². The molecule has 0 bridgehead atoms. The van der Waals surface area contributed by atoms with Crippen LogP contribution in [0.25, 0.3) is 16.6 Å². The molecule has 0 atom stereocenters. The van der Waals surface area contributed by atoms with E-state index in [4.69, 9.17) is 9.47 Å². The molecular weight excluding hydrogens is 366 g/mol. The molecule has 150 valence electrons. The third-order valence-corrected chi connectivity index (χ3v) is 6.02. The highest BCUT2D eigenvalue weighted by Crippen LogP contribution is 2.27. The van der Waals surface area contributed by atoms with Gasteiger partial charge in [-0.05, 0) is 36.4 Å². The third-order valence-electron chi connectivity index (χ3n) is 6.02. The molecule has 0 amide bonds. The number of methoxy groups -OCH3 is 1. The van der Waals surface area contributed by atoms with Crippen LogP contribution in [0.1, 0.15) is 0 Å². The van der Waals surface area contributed by atoms with Crippen LogP contribution >= 0.6 is 0 Å². The van der Waals surface area contributed by atoms with Crippen LogP contribution < -0.4 is 15.1 Å². The zero-order valence-corrected chi connectivity index (χ0v) is 16.6. The highest BCUT2D eigenvalue weighted by molar-refractivity contribution is 5.82. The summed E-state index contributed by atoms with van der Waals surface area (Å²) in [6, 6.07) is 16.4. The Hall–Kier alpha value is -2.83. The van der Waals surface area contributed by atoms with Crippen molar-refractivity contribution in [1.29, 1.82) is 0 Å². The first-order valence-corrected chi connectivity index (χ1v) is 10.1. The normalized spacial score (nSPS) is 18.0. The predicted molar refractivity (Wildman–Crippen MR) is 114 cm³/mol. The van der Waals surface area contributed by atoms with E-state index in [-0.39, 0.29) is 5.43 Å². The molecule has 0 saturated carbocycles. The molecule has 0 unspecified atom stereocenters. The van der Waals surface area contributed by atoms with Crippen LogP contribution in [0, 0.1) is 0 Å². The number of hydrogen-bond donors (Lipinski definition) is 0. The molecular formula is C23H25N3O3. The number of aromatic nitrogens is 1. The number of hydrogen-bond acceptors (Lipinski definition) is 5. The molecule has 0 spiro atoms. The van der Waals surface area contributed by atoms with Crippen molar-refractivity contribution >= 4 is 16.6 Å². The lowest BCUT2D eigenvalue weighted by atomic mass is 10.0. The summed E-state index contributed by atoms with van der Waals surface area (Å²) in [5.74, 6) is 0.739. The molecule has 2 aliphatic rings. The molecule has 3 aromatic rings. The molecule has 6 nitrogen and oxygen atoms in total. The number of pyridine rings is 1. The maximum absolute atomic E-state index is 12.2. The van der Waals surface area contributed by atoms with Gasteiger partial charge in [0.2, 0.25) is 0 Å². The fourth-order valence-corrected chi connectivity index (χ4v) is 4.25. The predicted octanol–water partition coefficient (Wildman–Crippen LogP) is 2.52. The van der Waals surface area contributed by atoms with E-state index in [1.54, 1.807) is 13.2 Å². The van der Waals surface area contributed by atoms with E-state index in [2.05, 4.69) is 34.1 Å². The summed E-state index contributed by atoms with van der Waals surface area (Å²) in [7, 11) is 1.64. The van der Waals surface area contributed by atoms with Gasteiger partial charge in [0.15, 0.2) is 5.43 Å². The summed E-state index contributed by atoms with van der Waals surface area (Å²) in [6.07, 6.45) is 1.83. The van der Waals surface area contributed by atoms with Crippen molar-refractivity contribution in [2.45, 2.75) is 6.04 Å². The van der Waals surface area contributed by atoms with Gasteiger partial charge in [0, 0.05) is 67.3 Å². The van der Waals surface area contributed by atoms with Gasteiger partial charge in [0.05, 0.1) is 25.8 Å². The zero-order valence-electron chi connectivity index (χ0n) is 16.6. The minimum atomic E-state index is 0.0188. The summed E-state index contributed by atoms with van der Waals surface area (Å²) in [5.41, 5.74) is 3.13. The Labute approximate surface area is 169 Å². The molecule has 2 fully saturated rings. The average Bonchev–Trinajstić information content (AvgIpc) is 2.74. The zero-order chi connectivity index (χ0) is 19.8. The summed E-state index contributed by atoms with van der Waals surface area (Å²) in [6.45, 7) is 5.92. The SMILES string of the molecule is COc1ccc2c(=O)ccn(-c3ccc(N4CC(N5CCOCC5)C4)cc3)c2c1. The largest absolute Gasteiger partial charge is 0.497 e. The first kappa shape index (κ1) is 18.2. The lowest BCUT2D eigenvalue weighted by Crippen LogP contribution is -2.61. The molecule has 3 heterocycles. The first-order valence-electron chi connectivity index (χ1n) is 10.1. The van der Waals surface area contributed by atoms with Crippen LogP contribution in [0.4, 0.5) is 5.69 Å². The van der Waals surface area contributed by atoms with E-state index in [1.807, 2.05) is 29.0 Å². The molecule has 2 aromatic carbocycles. The standard InChI is InChI=1S/C23H25N3O3/c1-28-20-6-7-21-22(14-20)26(9-8-23(21)27)18-4-2-17(3-5-18)25-15-19(16-25)24-10-12-29-13-11-24/h2-9,14,19H,10-13,15-16H2,1H3. The van der Waals surface area contributed by atoms with Gasteiger partial charge >= 0.3 is 0 Å². The quantitative estimate of drug-likeness (QED) is 0.684. The molecule has 6 heteroatoms. The van der Waals surface area contributed by atoms with Crippen LogP contribution in [0.15, 0.2) is 59.5 Å². The van der Waals surface area contributed by atoms with E-state index >= 15 is 0 Å². The Bertz CT molecular complexity index is 1060. The molecule has 1 aromatic heterocycles. The van der Waals surface area contributed by atoms with Gasteiger partial charge < -0.3 is 18.9 Å². The van der Waals surface area contributed by atoms with Gasteiger partial charge in [-0.1, -0.05) is 0 Å². The van der Waals surface area contributed by atoms with Gasteiger partial charge in [0.1, 0.15) is 5.75 Å². The Morgan fingerprint density at radius 2 is 1.69 bits per heavy atom. The van der Waals surface area contributed by atoms with Crippen LogP contribution in [0.2, 0.25) is 0 Å². The molecule has 0 N–H and O–H groups in total. The summed E-state index contributed by atoms with van der Waals surface area (Å²) >= 11 is 0. The molecule has 2 aliphatic heterocycles. The number of benzene rings is 2. The van der Waals surface area contributed by atoms with Gasteiger partial charge in [-0.15, -0.1) is 0 Å². The Balaban J connectivity index is 1.37. The monoisotopic (exact) mass is 391 g/mol. The topological polar surface area (TPSA) is 46.9 Å². The molecule has 29 heavy (non-hydrogen) atoms. The minimum Gasteiger partial charge on any atom is -0.497 e. The van der Waals surface area contributed by atoms with Crippen LogP contribution in [0.3, 0.4) is 0 Å². The van der Waals surface area contributed by atoms with Gasteiger partial charge in [-0.3, -0.25) is 9.69 Å². The molecule has 5 rings (SSSR count). The van der Waals surface area contributed by atoms with Crippen LogP contribution in [0.5, 0.6) is 5.75 Å². The summed E-state index contributed by atoms with van der Waals surface area (Å²) < 4.78 is 12.8. The molecule has 0 radical (unpaired) electrons. The average molecular weight is 391 g/mol. The lowest BCUT2D eigenvalue weighted by Gasteiger charge is -2.47. The van der Waals surface area contributed by atoms with Gasteiger partial charge in [-0.2, -0.15) is 0 Å². The number of ether oxygens (including phenoxy) is 2. The van der Waals surface area contributed by atoms with Gasteiger partial charge in [-0.25, -0.2) is 0 Å². The Morgan fingerprint density at radius 3 is 2.41 bits per heavy atom. The fourth-order valence-electron chi connectivity index (χ4n) is 4.25. The van der Waals surface area contributed by atoms with Crippen molar-refractivity contribution in [3.8, 4) is 11.4 Å². The third kappa shape index (κ3) is 3.39. The fraction of sp³-hybridized carbons (Fsp3) is 0.348. The second-order valence-corrected chi connectivity index (χ2v) is 7.66. The second-order valence-electron chi connectivity index (χ2n) is 7.66. The second kappa shape index (κ2) is 7.54. The molecule has 2 saturated heterocycles. The summed E-state index contributed by atoms with van der Waals surface area (Å²) in [5, 5.41) is 0.688. The summed E-state index contributed by atoms with van der Waals surface area (Å²) in [4.78, 5) is 17.2. The number of morpholine rings is 1. The number of anilines is 1. The number of nitrogens with zero attached hydrogens (tertiary/aromatic N) is 3. The Morgan fingerprint density at radius 1 is 0.966 bits per heavy atom. The number of fused-ring (bicyclic) bond motifs is 1. The van der Waals surface area contributed by atoms with Crippen LogP contribution in [-0.2, 0) is 4.74 Å². The van der Waals surface area contributed by atoms with E-state index < -0.39 is 0 Å². The van der Waals surface area contributed by atoms with Crippen LogP contribution in [-0.4, -0.2) is 62.0 Å². The number of rotatable bonds is 4. The van der Waals surface area contributed by atoms with E-state index in [0.717, 1.165) is 56.3 Å². The van der Waals surface area contributed by atoms with Crippen molar-refractivity contribution in [3.05, 3.63) is 65.0 Å². The smallest absolute Gasteiger partial charge is 0.189 e. The lowest BCUT2D eigenvalue weighted by molar-refractivity contribution is 0.0105. The van der Waals surface area contributed by atoms with Crippen molar-refractivity contribution in [1.82, 2.24) is 9.47 Å². The maximum Gasteiger partial charge on any atom is 0.189 e.